The number of rotatable bonds is 5. The molecule has 7 nitrogen and oxygen atoms in total. The molecule has 1 saturated heterocycles. The van der Waals surface area contributed by atoms with Crippen LogP contribution in [0.25, 0.3) is 0 Å². The van der Waals surface area contributed by atoms with Crippen LogP contribution in [0.3, 0.4) is 0 Å². The number of para-hydroxylation sites is 1. The Labute approximate surface area is 116 Å². The van der Waals surface area contributed by atoms with Crippen molar-refractivity contribution in [2.75, 3.05) is 13.1 Å². The van der Waals surface area contributed by atoms with Crippen LogP contribution in [-0.2, 0) is 4.79 Å². The number of nitrogens with one attached hydrogen (secondary N) is 1. The van der Waals surface area contributed by atoms with Gasteiger partial charge in [-0.3, -0.25) is 14.9 Å². The van der Waals surface area contributed by atoms with E-state index in [1.165, 1.54) is 12.1 Å². The van der Waals surface area contributed by atoms with E-state index in [1.54, 1.807) is 6.07 Å². The van der Waals surface area contributed by atoms with Gasteiger partial charge in [0.2, 0.25) is 5.75 Å². The molecule has 102 valence electrons. The number of benzene rings is 1. The van der Waals surface area contributed by atoms with Crippen LogP contribution in [0, 0.1) is 10.1 Å². The van der Waals surface area contributed by atoms with E-state index in [9.17, 15) is 14.9 Å². The van der Waals surface area contributed by atoms with Crippen molar-refractivity contribution in [3.8, 4) is 5.75 Å². The molecule has 1 heterocycles. The molecule has 0 spiro atoms. The van der Waals surface area contributed by atoms with E-state index in [2.05, 4.69) is 21.2 Å². The smallest absolute Gasteiger partial charge is 0.312 e. The van der Waals surface area contributed by atoms with Gasteiger partial charge in [0, 0.05) is 19.2 Å². The number of hydrogen-bond acceptors (Lipinski definition) is 5. The molecule has 0 unspecified atom stereocenters. The van der Waals surface area contributed by atoms with Crippen LogP contribution < -0.4 is 10.1 Å². The van der Waals surface area contributed by atoms with Crippen molar-refractivity contribution < 1.29 is 19.6 Å². The van der Waals surface area contributed by atoms with Gasteiger partial charge in [0.1, 0.15) is 5.60 Å². The highest BCUT2D eigenvalue weighted by molar-refractivity contribution is 9.10. The minimum absolute atomic E-state index is 0.0650. The first-order chi connectivity index (χ1) is 8.93. The third-order valence-electron chi connectivity index (χ3n) is 2.83. The van der Waals surface area contributed by atoms with Gasteiger partial charge in [-0.25, -0.2) is 0 Å². The standard InChI is InChI=1S/C11H11BrN2O5/c12-7-2-1-3-8(14(17)18)10(7)19-11(4-9(15)16)5-13-6-11/h1-3,13H,4-6H2,(H,15,16). The molecule has 0 saturated carbocycles. The normalized spacial score (nSPS) is 16.5. The number of nitro benzene ring substituents is 1. The molecule has 0 aromatic heterocycles. The third-order valence-corrected chi connectivity index (χ3v) is 3.45. The molecule has 1 aromatic rings. The first-order valence-electron chi connectivity index (χ1n) is 5.48. The molecular formula is C11H11BrN2O5. The minimum atomic E-state index is -1.00. The summed E-state index contributed by atoms with van der Waals surface area (Å²) in [7, 11) is 0. The lowest BCUT2D eigenvalue weighted by Gasteiger charge is -2.41. The highest BCUT2D eigenvalue weighted by atomic mass is 79.9. The van der Waals surface area contributed by atoms with Crippen molar-refractivity contribution in [3.05, 3.63) is 32.8 Å². The van der Waals surface area contributed by atoms with Gasteiger partial charge in [-0.1, -0.05) is 6.07 Å². The Hall–Kier alpha value is -1.67. The van der Waals surface area contributed by atoms with Crippen LogP contribution in [0.4, 0.5) is 5.69 Å². The molecule has 1 fully saturated rings. The molecular weight excluding hydrogens is 320 g/mol. The number of carboxylic acids is 1. The maximum Gasteiger partial charge on any atom is 0.312 e. The zero-order valence-electron chi connectivity index (χ0n) is 9.76. The van der Waals surface area contributed by atoms with Crippen LogP contribution in [0.5, 0.6) is 5.75 Å². The van der Waals surface area contributed by atoms with Gasteiger partial charge in [-0.2, -0.15) is 0 Å². The largest absolute Gasteiger partial charge is 0.481 e. The number of aliphatic carboxylic acids is 1. The summed E-state index contributed by atoms with van der Waals surface area (Å²) < 4.78 is 6.07. The monoisotopic (exact) mass is 330 g/mol. The summed E-state index contributed by atoms with van der Waals surface area (Å²) >= 11 is 3.19. The number of nitro groups is 1. The summed E-state index contributed by atoms with van der Waals surface area (Å²) in [6.45, 7) is 0.690. The molecule has 0 bridgehead atoms. The number of nitrogens with zero attached hydrogens (tertiary/aromatic N) is 1. The lowest BCUT2D eigenvalue weighted by Crippen LogP contribution is -2.64. The zero-order chi connectivity index (χ0) is 14.0. The molecule has 2 rings (SSSR count). The predicted octanol–water partition coefficient (Wildman–Crippen LogP) is 1.55. The van der Waals surface area contributed by atoms with Crippen LogP contribution in [0.15, 0.2) is 22.7 Å². The van der Waals surface area contributed by atoms with Crippen molar-refractivity contribution in [3.63, 3.8) is 0 Å². The number of hydrogen-bond donors (Lipinski definition) is 2. The maximum atomic E-state index is 11.0. The molecule has 0 atom stereocenters. The number of halogens is 1. The number of ether oxygens (including phenoxy) is 1. The van der Waals surface area contributed by atoms with Crippen molar-refractivity contribution in [1.29, 1.82) is 0 Å². The van der Waals surface area contributed by atoms with E-state index >= 15 is 0 Å². The van der Waals surface area contributed by atoms with Crippen molar-refractivity contribution in [2.24, 2.45) is 0 Å². The summed E-state index contributed by atoms with van der Waals surface area (Å²) in [6.07, 6.45) is -0.210. The summed E-state index contributed by atoms with van der Waals surface area (Å²) in [5.74, 6) is -0.938. The fourth-order valence-electron chi connectivity index (χ4n) is 1.87. The first kappa shape index (κ1) is 13.8. The Morgan fingerprint density at radius 1 is 1.58 bits per heavy atom. The van der Waals surface area contributed by atoms with Crippen molar-refractivity contribution in [1.82, 2.24) is 5.32 Å². The Balaban J connectivity index is 2.32. The topological polar surface area (TPSA) is 102 Å². The summed E-state index contributed by atoms with van der Waals surface area (Å²) in [5, 5.41) is 22.8. The van der Waals surface area contributed by atoms with Gasteiger partial charge in [-0.15, -0.1) is 0 Å². The van der Waals surface area contributed by atoms with E-state index in [0.717, 1.165) is 0 Å². The lowest BCUT2D eigenvalue weighted by atomic mass is 9.92. The van der Waals surface area contributed by atoms with Crippen LogP contribution in [0.1, 0.15) is 6.42 Å². The Kier molecular flexibility index (Phi) is 3.72. The molecule has 2 N–H and O–H groups in total. The molecule has 1 aliphatic rings. The lowest BCUT2D eigenvalue weighted by molar-refractivity contribution is -0.386. The highest BCUT2D eigenvalue weighted by Crippen LogP contribution is 2.38. The Morgan fingerprint density at radius 2 is 2.26 bits per heavy atom. The van der Waals surface area contributed by atoms with E-state index in [0.29, 0.717) is 17.6 Å². The van der Waals surface area contributed by atoms with Crippen LogP contribution >= 0.6 is 15.9 Å². The average molecular weight is 331 g/mol. The van der Waals surface area contributed by atoms with Gasteiger partial charge in [-0.05, 0) is 22.0 Å². The second-order valence-electron chi connectivity index (χ2n) is 4.30. The van der Waals surface area contributed by atoms with E-state index in [-0.39, 0.29) is 17.9 Å². The van der Waals surface area contributed by atoms with Crippen LogP contribution in [0.2, 0.25) is 0 Å². The fraction of sp³-hybridized carbons (Fsp3) is 0.364. The van der Waals surface area contributed by atoms with Gasteiger partial charge >= 0.3 is 11.7 Å². The minimum Gasteiger partial charge on any atom is -0.481 e. The second kappa shape index (κ2) is 5.14. The maximum absolute atomic E-state index is 11.0. The number of carbonyl (C=O) groups is 1. The first-order valence-corrected chi connectivity index (χ1v) is 6.27. The Morgan fingerprint density at radius 3 is 2.74 bits per heavy atom. The van der Waals surface area contributed by atoms with Gasteiger partial charge < -0.3 is 15.2 Å². The summed E-state index contributed by atoms with van der Waals surface area (Å²) in [6, 6.07) is 4.46. The zero-order valence-corrected chi connectivity index (χ0v) is 11.3. The van der Waals surface area contributed by atoms with Gasteiger partial charge in [0.15, 0.2) is 0 Å². The molecule has 0 radical (unpaired) electrons. The average Bonchev–Trinajstić information content (AvgIpc) is 2.27. The Bertz CT molecular complexity index is 530. The van der Waals surface area contributed by atoms with Crippen molar-refractivity contribution in [2.45, 2.75) is 12.0 Å². The molecule has 8 heteroatoms. The van der Waals surface area contributed by atoms with E-state index in [4.69, 9.17) is 9.84 Å². The predicted molar refractivity (Wildman–Crippen MR) is 69.3 cm³/mol. The molecule has 1 aromatic carbocycles. The second-order valence-corrected chi connectivity index (χ2v) is 5.16. The quantitative estimate of drug-likeness (QED) is 0.627. The third kappa shape index (κ3) is 2.85. The fourth-order valence-corrected chi connectivity index (χ4v) is 2.31. The number of carboxylic acid groups (broad SMARTS) is 1. The summed E-state index contributed by atoms with van der Waals surface area (Å²) in [4.78, 5) is 21.3. The molecule has 0 aliphatic carbocycles. The van der Waals surface area contributed by atoms with Crippen LogP contribution in [-0.4, -0.2) is 34.7 Å². The van der Waals surface area contributed by atoms with Gasteiger partial charge in [0.25, 0.3) is 0 Å². The molecule has 19 heavy (non-hydrogen) atoms. The highest BCUT2D eigenvalue weighted by Gasteiger charge is 2.43. The summed E-state index contributed by atoms with van der Waals surface area (Å²) in [5.41, 5.74) is -1.12. The van der Waals surface area contributed by atoms with Gasteiger partial charge in [0.05, 0.1) is 15.8 Å². The van der Waals surface area contributed by atoms with E-state index in [1.807, 2.05) is 0 Å². The SMILES string of the molecule is O=C(O)CC1(Oc2c(Br)cccc2[N+](=O)[O-])CNC1. The van der Waals surface area contributed by atoms with Crippen molar-refractivity contribution >= 4 is 27.6 Å². The molecule has 1 aliphatic heterocycles. The molecule has 0 amide bonds. The van der Waals surface area contributed by atoms with E-state index < -0.39 is 16.5 Å².